The van der Waals surface area contributed by atoms with Crippen molar-refractivity contribution >= 4 is 17.8 Å². The van der Waals surface area contributed by atoms with Gasteiger partial charge in [-0.2, -0.15) is 0 Å². The number of hydrogen-bond donors (Lipinski definition) is 7. The molecule has 186 valence electrons. The lowest BCUT2D eigenvalue weighted by atomic mass is 9.88. The van der Waals surface area contributed by atoms with Crippen LogP contribution in [0.2, 0.25) is 0 Å². The number of alkyl halides is 2. The van der Waals surface area contributed by atoms with Crippen LogP contribution in [0.1, 0.15) is 20.3 Å². The summed E-state index contributed by atoms with van der Waals surface area (Å²) in [5.41, 5.74) is 0. The third-order valence-corrected chi connectivity index (χ3v) is 5.05. The van der Waals surface area contributed by atoms with E-state index in [0.717, 1.165) is 7.11 Å². The van der Waals surface area contributed by atoms with Gasteiger partial charge in [0, 0.05) is 13.5 Å². The van der Waals surface area contributed by atoms with Gasteiger partial charge in [0.05, 0.1) is 19.1 Å². The molecule has 0 aromatic heterocycles. The van der Waals surface area contributed by atoms with Crippen LogP contribution in [0.5, 0.6) is 0 Å². The summed E-state index contributed by atoms with van der Waals surface area (Å²) in [4.78, 5) is 35.3. The van der Waals surface area contributed by atoms with E-state index in [-0.39, 0.29) is 0 Å². The predicted octanol–water partition coefficient (Wildman–Crippen LogP) is -2.79. The van der Waals surface area contributed by atoms with E-state index in [9.17, 15) is 38.5 Å². The lowest BCUT2D eigenvalue weighted by Gasteiger charge is -2.43. The molecule has 14 heteroatoms. The summed E-state index contributed by atoms with van der Waals surface area (Å²) >= 11 is 0. The zero-order chi connectivity index (χ0) is 24.8. The van der Waals surface area contributed by atoms with Crippen molar-refractivity contribution in [2.75, 3.05) is 20.3 Å². The summed E-state index contributed by atoms with van der Waals surface area (Å²) < 4.78 is 39.5. The van der Waals surface area contributed by atoms with Crippen molar-refractivity contribution in [3.63, 3.8) is 0 Å². The molecule has 0 aromatic carbocycles. The molecule has 0 saturated carbocycles. The minimum atomic E-state index is -3.92. The van der Waals surface area contributed by atoms with Crippen molar-refractivity contribution < 1.29 is 58.2 Å². The van der Waals surface area contributed by atoms with Gasteiger partial charge in [0.25, 0.3) is 5.92 Å². The van der Waals surface area contributed by atoms with Crippen molar-refractivity contribution in [2.24, 2.45) is 5.92 Å². The van der Waals surface area contributed by atoms with Gasteiger partial charge in [-0.15, -0.1) is 0 Å². The third kappa shape index (κ3) is 7.02. The molecule has 0 spiro atoms. The molecule has 12 nitrogen and oxygen atoms in total. The maximum Gasteiger partial charge on any atom is 0.325 e. The van der Waals surface area contributed by atoms with Crippen LogP contribution >= 0.6 is 0 Å². The Morgan fingerprint density at radius 2 is 1.59 bits per heavy atom. The average molecular weight is 472 g/mol. The van der Waals surface area contributed by atoms with Gasteiger partial charge in [-0.25, -0.2) is 8.78 Å². The molecule has 1 heterocycles. The summed E-state index contributed by atoms with van der Waals surface area (Å²) in [6.45, 7) is 1.02. The predicted molar refractivity (Wildman–Crippen MR) is 102 cm³/mol. The first-order valence-electron chi connectivity index (χ1n) is 9.77. The lowest BCUT2D eigenvalue weighted by Crippen LogP contribution is -2.63. The fraction of sp³-hybridized carbons (Fsp3) is 0.833. The molecule has 32 heavy (non-hydrogen) atoms. The van der Waals surface area contributed by atoms with Gasteiger partial charge in [-0.05, 0) is 13.8 Å². The zero-order valence-corrected chi connectivity index (χ0v) is 17.8. The molecule has 1 saturated heterocycles. The zero-order valence-electron chi connectivity index (χ0n) is 17.8. The number of rotatable bonds is 11. The number of carboxylic acids is 1. The summed E-state index contributed by atoms with van der Waals surface area (Å²) in [6, 6.07) is -2.50. The van der Waals surface area contributed by atoms with Crippen molar-refractivity contribution in [3.8, 4) is 0 Å². The number of hydrogen-bond acceptors (Lipinski definition) is 9. The Labute approximate surface area is 182 Å². The molecule has 1 rings (SSSR count). The second kappa shape index (κ2) is 11.8. The van der Waals surface area contributed by atoms with Crippen LogP contribution < -0.4 is 10.6 Å². The van der Waals surface area contributed by atoms with E-state index in [0.29, 0.717) is 0 Å². The number of aliphatic carboxylic acids is 1. The Balaban J connectivity index is 2.90. The highest BCUT2D eigenvalue weighted by Gasteiger charge is 2.55. The number of ether oxygens (including phenoxy) is 2. The normalized spacial score (nSPS) is 29.0. The van der Waals surface area contributed by atoms with E-state index in [1.807, 2.05) is 0 Å². The Bertz CT molecular complexity index is 666. The molecule has 0 bridgehead atoms. The smallest absolute Gasteiger partial charge is 0.325 e. The van der Waals surface area contributed by atoms with E-state index in [4.69, 9.17) is 19.7 Å². The first kappa shape index (κ1) is 28.1. The molecule has 2 amide bonds. The number of nitrogens with one attached hydrogen (secondary N) is 2. The number of carbonyl (C=O) groups excluding carboxylic acids is 2. The molecule has 5 unspecified atom stereocenters. The highest BCUT2D eigenvalue weighted by atomic mass is 19.3. The quantitative estimate of drug-likeness (QED) is 0.165. The van der Waals surface area contributed by atoms with E-state index in [1.165, 1.54) is 13.8 Å². The van der Waals surface area contributed by atoms with Crippen molar-refractivity contribution in [3.05, 3.63) is 0 Å². The van der Waals surface area contributed by atoms with Crippen LogP contribution in [-0.4, -0.2) is 112 Å². The molecule has 1 aliphatic heterocycles. The minimum Gasteiger partial charge on any atom is -0.480 e. The van der Waals surface area contributed by atoms with E-state index >= 15 is 0 Å². The maximum absolute atomic E-state index is 14.9. The minimum absolute atomic E-state index is 0.501. The Morgan fingerprint density at radius 3 is 2.09 bits per heavy atom. The molecule has 7 N–H and O–H groups in total. The van der Waals surface area contributed by atoms with Crippen LogP contribution in [0.4, 0.5) is 8.78 Å². The van der Waals surface area contributed by atoms with Gasteiger partial charge in [0.1, 0.15) is 42.6 Å². The highest BCUT2D eigenvalue weighted by molar-refractivity contribution is 5.90. The van der Waals surface area contributed by atoms with Crippen molar-refractivity contribution in [2.45, 2.75) is 68.8 Å². The van der Waals surface area contributed by atoms with Crippen molar-refractivity contribution in [1.82, 2.24) is 10.6 Å². The molecular formula is C18H30F2N2O10. The van der Waals surface area contributed by atoms with Gasteiger partial charge >= 0.3 is 5.97 Å². The topological polar surface area (TPSA) is 195 Å². The van der Waals surface area contributed by atoms with Gasteiger partial charge in [-0.3, -0.25) is 14.4 Å². The number of carbonyl (C=O) groups is 3. The molecule has 0 aromatic rings. The van der Waals surface area contributed by atoms with Crippen LogP contribution in [0.15, 0.2) is 0 Å². The summed E-state index contributed by atoms with van der Waals surface area (Å²) in [7, 11) is 1.15. The van der Waals surface area contributed by atoms with Gasteiger partial charge < -0.3 is 45.6 Å². The van der Waals surface area contributed by atoms with Crippen molar-refractivity contribution in [1.29, 1.82) is 0 Å². The standard InChI is InChI=1S/C18H30F2N2O10/c1-7(15(27)22-8(2)17(29)30)21-16(28)9(6-31-3)4-18(19,20)14-13(26)12(25)11(24)10(5-23)32-14/h7-14,23-26H,4-6H2,1-3H3,(H,21,28)(H,22,27)(H,29,30)/t7-,8?,9?,10?,11?,12?,13+,14-/m0/s1. The van der Waals surface area contributed by atoms with E-state index in [1.54, 1.807) is 0 Å². The van der Waals surface area contributed by atoms with Crippen LogP contribution in [0, 0.1) is 5.92 Å². The lowest BCUT2D eigenvalue weighted by molar-refractivity contribution is -0.283. The number of halogens is 2. The summed E-state index contributed by atoms with van der Waals surface area (Å²) in [6.07, 6.45) is -11.2. The largest absolute Gasteiger partial charge is 0.480 e. The number of methoxy groups -OCH3 is 1. The monoisotopic (exact) mass is 472 g/mol. The van der Waals surface area contributed by atoms with Gasteiger partial charge in [-0.1, -0.05) is 0 Å². The summed E-state index contributed by atoms with van der Waals surface area (Å²) in [5.74, 6) is -8.63. The first-order chi connectivity index (χ1) is 14.8. The fourth-order valence-corrected chi connectivity index (χ4v) is 3.12. The number of amides is 2. The Morgan fingerprint density at radius 1 is 1.03 bits per heavy atom. The van der Waals surface area contributed by atoms with Gasteiger partial charge in [0.2, 0.25) is 11.8 Å². The molecule has 1 fully saturated rings. The molecular weight excluding hydrogens is 442 g/mol. The Hall–Kier alpha value is -1.97. The third-order valence-electron chi connectivity index (χ3n) is 5.05. The Kier molecular flexibility index (Phi) is 10.3. The van der Waals surface area contributed by atoms with Crippen LogP contribution in [0.3, 0.4) is 0 Å². The number of carboxylic acid groups (broad SMARTS) is 1. The highest BCUT2D eigenvalue weighted by Crippen LogP contribution is 2.36. The maximum atomic E-state index is 14.9. The molecule has 0 radical (unpaired) electrons. The first-order valence-corrected chi connectivity index (χ1v) is 9.77. The second-order valence-corrected chi connectivity index (χ2v) is 7.67. The van der Waals surface area contributed by atoms with Crippen LogP contribution in [0.25, 0.3) is 0 Å². The number of aliphatic hydroxyl groups excluding tert-OH is 4. The van der Waals surface area contributed by atoms with Crippen LogP contribution in [-0.2, 0) is 23.9 Å². The number of aliphatic hydroxyl groups is 4. The van der Waals surface area contributed by atoms with E-state index < -0.39 is 91.9 Å². The van der Waals surface area contributed by atoms with Gasteiger partial charge in [0.15, 0.2) is 0 Å². The fourth-order valence-electron chi connectivity index (χ4n) is 3.12. The summed E-state index contributed by atoms with van der Waals surface area (Å²) in [5, 5.41) is 51.8. The molecule has 0 aliphatic carbocycles. The molecule has 8 atom stereocenters. The van der Waals surface area contributed by atoms with E-state index in [2.05, 4.69) is 10.6 Å². The average Bonchev–Trinajstić information content (AvgIpc) is 2.71. The molecule has 1 aliphatic rings. The second-order valence-electron chi connectivity index (χ2n) is 7.67. The SMILES string of the molecule is COCC(CC(F)(F)[C@H]1OC(CO)C(O)C(O)[C@H]1O)C(=O)N[C@@H](C)C(=O)NC(C)C(=O)O.